The molecule has 1 aliphatic heterocycles. The van der Waals surface area contributed by atoms with E-state index in [4.69, 9.17) is 4.74 Å². The average molecular weight is 305 g/mol. The molecule has 0 amide bonds. The highest BCUT2D eigenvalue weighted by molar-refractivity contribution is 9.10. The lowest BCUT2D eigenvalue weighted by Gasteiger charge is -2.30. The minimum absolute atomic E-state index is 0.335. The monoisotopic (exact) mass is 304 g/mol. The van der Waals surface area contributed by atoms with Crippen LogP contribution in [0.15, 0.2) is 15.9 Å². The van der Waals surface area contributed by atoms with Crippen LogP contribution in [0.5, 0.6) is 0 Å². The summed E-state index contributed by atoms with van der Waals surface area (Å²) >= 11 is 5.24. The molecule has 5 heteroatoms. The van der Waals surface area contributed by atoms with E-state index in [1.54, 1.807) is 11.3 Å². The van der Waals surface area contributed by atoms with E-state index in [1.807, 2.05) is 0 Å². The Balaban J connectivity index is 1.67. The first-order chi connectivity index (χ1) is 7.74. The predicted octanol–water partition coefficient (Wildman–Crippen LogP) is 1.93. The number of likely N-dealkylation sites (N-methyl/N-ethyl adjacent to an activating group) is 1. The minimum atomic E-state index is 0.335. The third kappa shape index (κ3) is 3.82. The summed E-state index contributed by atoms with van der Waals surface area (Å²) in [5.41, 5.74) is 0. The number of morpholine rings is 1. The number of ether oxygens (including phenoxy) is 1. The average Bonchev–Trinajstić information content (AvgIpc) is 2.64. The van der Waals surface area contributed by atoms with Crippen molar-refractivity contribution in [3.8, 4) is 0 Å². The molecule has 1 aromatic heterocycles. The molecule has 1 saturated heterocycles. The van der Waals surface area contributed by atoms with Crippen molar-refractivity contribution < 1.29 is 4.74 Å². The molecule has 1 atom stereocenters. The Morgan fingerprint density at radius 1 is 1.69 bits per heavy atom. The summed E-state index contributed by atoms with van der Waals surface area (Å²) in [6.45, 7) is 4.79. The zero-order valence-corrected chi connectivity index (χ0v) is 11.8. The normalized spacial score (nSPS) is 22.5. The van der Waals surface area contributed by atoms with E-state index in [9.17, 15) is 0 Å². The summed E-state index contributed by atoms with van der Waals surface area (Å²) in [6.07, 6.45) is 0.335. The fourth-order valence-electron chi connectivity index (χ4n) is 1.79. The summed E-state index contributed by atoms with van der Waals surface area (Å²) in [5.74, 6) is 0. The van der Waals surface area contributed by atoms with Gasteiger partial charge in [-0.05, 0) is 29.0 Å². The molecule has 0 spiro atoms. The second kappa shape index (κ2) is 6.12. The minimum Gasteiger partial charge on any atom is -0.374 e. The van der Waals surface area contributed by atoms with Crippen molar-refractivity contribution in [3.63, 3.8) is 0 Å². The Bertz CT molecular complexity index is 332. The van der Waals surface area contributed by atoms with Crippen molar-refractivity contribution in [2.45, 2.75) is 12.6 Å². The predicted molar refractivity (Wildman–Crippen MR) is 71.0 cm³/mol. The Morgan fingerprint density at radius 3 is 3.25 bits per heavy atom. The van der Waals surface area contributed by atoms with E-state index in [2.05, 4.69) is 44.6 Å². The van der Waals surface area contributed by atoms with Gasteiger partial charge in [-0.1, -0.05) is 0 Å². The fraction of sp³-hybridized carbons (Fsp3) is 0.636. The highest BCUT2D eigenvalue weighted by atomic mass is 79.9. The van der Waals surface area contributed by atoms with Crippen molar-refractivity contribution in [2.75, 3.05) is 33.3 Å². The van der Waals surface area contributed by atoms with Crippen LogP contribution < -0.4 is 5.32 Å². The van der Waals surface area contributed by atoms with Crippen LogP contribution in [0.1, 0.15) is 4.88 Å². The molecule has 1 fully saturated rings. The van der Waals surface area contributed by atoms with Crippen LogP contribution in [-0.2, 0) is 11.3 Å². The van der Waals surface area contributed by atoms with Crippen LogP contribution in [0, 0.1) is 0 Å². The number of nitrogens with zero attached hydrogens (tertiary/aromatic N) is 1. The summed E-state index contributed by atoms with van der Waals surface area (Å²) < 4.78 is 6.85. The number of halogens is 1. The van der Waals surface area contributed by atoms with E-state index in [-0.39, 0.29) is 0 Å². The van der Waals surface area contributed by atoms with Crippen molar-refractivity contribution in [3.05, 3.63) is 20.8 Å². The van der Waals surface area contributed by atoms with E-state index < -0.39 is 0 Å². The van der Waals surface area contributed by atoms with Gasteiger partial charge in [0, 0.05) is 40.9 Å². The van der Waals surface area contributed by atoms with E-state index in [0.29, 0.717) is 6.10 Å². The second-order valence-electron chi connectivity index (χ2n) is 4.12. The molecule has 2 rings (SSSR count). The molecule has 0 saturated carbocycles. The van der Waals surface area contributed by atoms with Crippen molar-refractivity contribution in [2.24, 2.45) is 0 Å². The molecular formula is C11H17BrN2OS. The topological polar surface area (TPSA) is 24.5 Å². The molecule has 0 aliphatic carbocycles. The van der Waals surface area contributed by atoms with Crippen LogP contribution in [0.2, 0.25) is 0 Å². The van der Waals surface area contributed by atoms with Gasteiger partial charge < -0.3 is 15.0 Å². The maximum atomic E-state index is 5.68. The maximum Gasteiger partial charge on any atom is 0.0826 e. The molecule has 16 heavy (non-hydrogen) atoms. The number of rotatable bonds is 4. The Morgan fingerprint density at radius 2 is 2.56 bits per heavy atom. The summed E-state index contributed by atoms with van der Waals surface area (Å²) in [7, 11) is 2.14. The summed E-state index contributed by atoms with van der Waals surface area (Å²) in [6, 6.07) is 2.16. The third-order valence-corrected chi connectivity index (χ3v) is 4.33. The van der Waals surface area contributed by atoms with Crippen molar-refractivity contribution >= 4 is 27.3 Å². The molecule has 0 radical (unpaired) electrons. The van der Waals surface area contributed by atoms with Gasteiger partial charge in [-0.25, -0.2) is 0 Å². The van der Waals surface area contributed by atoms with Gasteiger partial charge >= 0.3 is 0 Å². The molecule has 90 valence electrons. The van der Waals surface area contributed by atoms with Gasteiger partial charge in [0.1, 0.15) is 0 Å². The summed E-state index contributed by atoms with van der Waals surface area (Å²) in [4.78, 5) is 3.67. The molecule has 1 unspecified atom stereocenters. The van der Waals surface area contributed by atoms with Gasteiger partial charge in [0.25, 0.3) is 0 Å². The van der Waals surface area contributed by atoms with Crippen molar-refractivity contribution in [1.29, 1.82) is 0 Å². The first-order valence-corrected chi connectivity index (χ1v) is 7.15. The van der Waals surface area contributed by atoms with Crippen LogP contribution >= 0.6 is 27.3 Å². The number of nitrogens with one attached hydrogen (secondary N) is 1. The lowest BCUT2D eigenvalue weighted by molar-refractivity contribution is -0.0181. The molecule has 1 aromatic rings. The fourth-order valence-corrected chi connectivity index (χ4v) is 3.21. The number of hydrogen-bond acceptors (Lipinski definition) is 4. The van der Waals surface area contributed by atoms with Gasteiger partial charge in [-0.2, -0.15) is 0 Å². The van der Waals surface area contributed by atoms with Crippen molar-refractivity contribution in [1.82, 2.24) is 10.2 Å². The molecule has 0 bridgehead atoms. The SMILES string of the molecule is CN1CCOC(CNCc2cc(Br)cs2)C1. The van der Waals surface area contributed by atoms with Gasteiger partial charge in [0.05, 0.1) is 12.7 Å². The Kier molecular flexibility index (Phi) is 4.79. The molecule has 1 N–H and O–H groups in total. The lowest BCUT2D eigenvalue weighted by Crippen LogP contribution is -2.44. The smallest absolute Gasteiger partial charge is 0.0826 e. The highest BCUT2D eigenvalue weighted by Crippen LogP contribution is 2.19. The second-order valence-corrected chi connectivity index (χ2v) is 6.03. The largest absolute Gasteiger partial charge is 0.374 e. The first-order valence-electron chi connectivity index (χ1n) is 5.48. The molecule has 3 nitrogen and oxygen atoms in total. The Labute approximate surface area is 109 Å². The van der Waals surface area contributed by atoms with Gasteiger partial charge in [-0.15, -0.1) is 11.3 Å². The van der Waals surface area contributed by atoms with Gasteiger partial charge in [0.15, 0.2) is 0 Å². The quantitative estimate of drug-likeness (QED) is 0.920. The van der Waals surface area contributed by atoms with E-state index in [0.717, 1.165) is 32.8 Å². The van der Waals surface area contributed by atoms with Crippen LogP contribution in [0.25, 0.3) is 0 Å². The molecule has 0 aromatic carbocycles. The molecule has 1 aliphatic rings. The standard InChI is InChI=1S/C11H17BrN2OS/c1-14-2-3-15-10(7-14)5-13-6-11-4-9(12)8-16-11/h4,8,10,13H,2-3,5-7H2,1H3. The van der Waals surface area contributed by atoms with Crippen LogP contribution in [0.4, 0.5) is 0 Å². The first kappa shape index (κ1) is 12.5. The highest BCUT2D eigenvalue weighted by Gasteiger charge is 2.16. The number of thiophene rings is 1. The zero-order chi connectivity index (χ0) is 11.4. The van der Waals surface area contributed by atoms with Gasteiger partial charge in [0.2, 0.25) is 0 Å². The molecular weight excluding hydrogens is 288 g/mol. The van der Waals surface area contributed by atoms with E-state index >= 15 is 0 Å². The molecule has 2 heterocycles. The zero-order valence-electron chi connectivity index (χ0n) is 9.41. The van der Waals surface area contributed by atoms with Gasteiger partial charge in [-0.3, -0.25) is 0 Å². The van der Waals surface area contributed by atoms with Crippen LogP contribution in [0.3, 0.4) is 0 Å². The Hall–Kier alpha value is 0.0600. The van der Waals surface area contributed by atoms with Crippen LogP contribution in [-0.4, -0.2) is 44.3 Å². The lowest BCUT2D eigenvalue weighted by atomic mass is 10.3. The van der Waals surface area contributed by atoms with E-state index in [1.165, 1.54) is 9.35 Å². The third-order valence-electron chi connectivity index (χ3n) is 2.63. The summed E-state index contributed by atoms with van der Waals surface area (Å²) in [5, 5.41) is 5.56. The maximum absolute atomic E-state index is 5.68. The number of hydrogen-bond donors (Lipinski definition) is 1.